The second kappa shape index (κ2) is 10.9. The van der Waals surface area contributed by atoms with Crippen LogP contribution in [0.2, 0.25) is 0 Å². The number of hydrogen-bond donors (Lipinski definition) is 4. The molecule has 2 bridgehead atoms. The zero-order valence-corrected chi connectivity index (χ0v) is 23.5. The van der Waals surface area contributed by atoms with Crippen LogP contribution in [0.3, 0.4) is 0 Å². The monoisotopic (exact) mass is 520 g/mol. The van der Waals surface area contributed by atoms with Gasteiger partial charge in [0.2, 0.25) is 0 Å². The third-order valence-corrected chi connectivity index (χ3v) is 9.92. The van der Waals surface area contributed by atoms with E-state index in [0.717, 1.165) is 19.3 Å². The van der Waals surface area contributed by atoms with Gasteiger partial charge in [0, 0.05) is 17.8 Å². The Morgan fingerprint density at radius 3 is 2.24 bits per heavy atom. The maximum atomic E-state index is 14.4. The number of allylic oxidation sites excluding steroid dienone is 1. The molecule has 4 N–H and O–H groups in total. The Labute approximate surface area is 222 Å². The molecule has 1 saturated carbocycles. The molecule has 7 atom stereocenters. The number of ether oxygens (including phenoxy) is 1. The fourth-order valence-corrected chi connectivity index (χ4v) is 7.19. The van der Waals surface area contributed by atoms with Crippen molar-refractivity contribution in [3.05, 3.63) is 23.3 Å². The number of ketones is 1. The molecule has 0 aromatic rings. The van der Waals surface area contributed by atoms with Crippen molar-refractivity contribution in [3.63, 3.8) is 0 Å². The molecule has 0 saturated heterocycles. The van der Waals surface area contributed by atoms with Crippen LogP contribution in [0.15, 0.2) is 23.3 Å². The Hall–Kier alpha value is -1.54. The second-order valence-corrected chi connectivity index (χ2v) is 12.5. The summed E-state index contributed by atoms with van der Waals surface area (Å²) < 4.78 is 6.20. The van der Waals surface area contributed by atoms with Gasteiger partial charge in [-0.05, 0) is 43.8 Å². The molecule has 210 valence electrons. The highest BCUT2D eigenvalue weighted by atomic mass is 16.6. The number of carbonyl (C=O) groups excluding carboxylic acids is 2. The first-order chi connectivity index (χ1) is 17.2. The summed E-state index contributed by atoms with van der Waals surface area (Å²) in [6.07, 6.45) is 8.23. The molecular weight excluding hydrogens is 472 g/mol. The van der Waals surface area contributed by atoms with Crippen LogP contribution in [-0.4, -0.2) is 62.2 Å². The summed E-state index contributed by atoms with van der Waals surface area (Å²) in [4.78, 5) is 27.4. The van der Waals surface area contributed by atoms with Crippen molar-refractivity contribution in [3.8, 4) is 0 Å². The number of hydrogen-bond acceptors (Lipinski definition) is 7. The van der Waals surface area contributed by atoms with Crippen LogP contribution in [0, 0.1) is 22.7 Å². The fourth-order valence-electron chi connectivity index (χ4n) is 7.19. The van der Waals surface area contributed by atoms with Crippen molar-refractivity contribution in [2.24, 2.45) is 22.7 Å². The molecule has 7 nitrogen and oxygen atoms in total. The number of rotatable bonds is 10. The number of carbonyl (C=O) groups is 2. The van der Waals surface area contributed by atoms with Gasteiger partial charge in [0.25, 0.3) is 0 Å². The molecule has 7 heteroatoms. The van der Waals surface area contributed by atoms with E-state index in [0.29, 0.717) is 12.0 Å². The summed E-state index contributed by atoms with van der Waals surface area (Å²) in [7, 11) is 0. The fraction of sp³-hybridized carbons (Fsp3) is 0.800. The minimum Gasteiger partial charge on any atom is -0.459 e. The summed E-state index contributed by atoms with van der Waals surface area (Å²) in [5.41, 5.74) is -5.34. The molecule has 0 aliphatic heterocycles. The minimum absolute atomic E-state index is 0.0869. The number of esters is 1. The Morgan fingerprint density at radius 1 is 1.05 bits per heavy atom. The molecule has 0 amide bonds. The Balaban J connectivity index is 1.94. The summed E-state index contributed by atoms with van der Waals surface area (Å²) >= 11 is 0. The lowest BCUT2D eigenvalue weighted by Crippen LogP contribution is -2.65. The Kier molecular flexibility index (Phi) is 8.85. The smallest absolute Gasteiger partial charge is 0.306 e. The van der Waals surface area contributed by atoms with E-state index >= 15 is 0 Å². The van der Waals surface area contributed by atoms with Crippen LogP contribution in [0.1, 0.15) is 99.3 Å². The zero-order chi connectivity index (χ0) is 27.8. The minimum atomic E-state index is -2.24. The molecule has 0 aromatic carbocycles. The Morgan fingerprint density at radius 2 is 1.65 bits per heavy atom. The highest BCUT2D eigenvalue weighted by molar-refractivity contribution is 5.95. The van der Waals surface area contributed by atoms with Crippen LogP contribution in [0.4, 0.5) is 0 Å². The average molecular weight is 521 g/mol. The quantitative estimate of drug-likeness (QED) is 0.195. The van der Waals surface area contributed by atoms with Crippen LogP contribution in [-0.2, 0) is 14.3 Å². The van der Waals surface area contributed by atoms with Gasteiger partial charge >= 0.3 is 5.97 Å². The molecule has 1 spiro atoms. The first-order valence-electron chi connectivity index (χ1n) is 14.1. The van der Waals surface area contributed by atoms with Gasteiger partial charge in [0.15, 0.2) is 5.78 Å². The normalized spacial score (nSPS) is 38.8. The van der Waals surface area contributed by atoms with Gasteiger partial charge in [-0.2, -0.15) is 0 Å². The highest BCUT2D eigenvalue weighted by Crippen LogP contribution is 2.63. The Bertz CT molecular complexity index is 936. The number of Topliss-reactive ketones (excluding diaryl/α,β-unsaturated/α-hetero) is 1. The third kappa shape index (κ3) is 4.64. The molecule has 0 aromatic heterocycles. The van der Waals surface area contributed by atoms with Gasteiger partial charge in [-0.3, -0.25) is 9.59 Å². The van der Waals surface area contributed by atoms with Crippen LogP contribution >= 0.6 is 0 Å². The maximum absolute atomic E-state index is 14.4. The van der Waals surface area contributed by atoms with Crippen molar-refractivity contribution in [2.45, 2.75) is 123 Å². The third-order valence-electron chi connectivity index (χ3n) is 9.92. The lowest BCUT2D eigenvalue weighted by Gasteiger charge is -2.48. The van der Waals surface area contributed by atoms with Gasteiger partial charge in [0.05, 0.1) is 12.0 Å². The van der Waals surface area contributed by atoms with Crippen molar-refractivity contribution in [2.75, 3.05) is 6.61 Å². The van der Waals surface area contributed by atoms with Gasteiger partial charge in [0.1, 0.15) is 23.4 Å². The van der Waals surface area contributed by atoms with Gasteiger partial charge in [-0.1, -0.05) is 78.4 Å². The zero-order valence-electron chi connectivity index (χ0n) is 23.5. The molecule has 1 fully saturated rings. The average Bonchev–Trinajstić information content (AvgIpc) is 2.98. The molecular formula is C30H48O7. The van der Waals surface area contributed by atoms with Crippen LogP contribution in [0.5, 0.6) is 0 Å². The molecule has 3 aliphatic carbocycles. The van der Waals surface area contributed by atoms with Crippen molar-refractivity contribution < 1.29 is 34.8 Å². The SMILES string of the molecule is CCCCCCCCCC(=O)O[C@]1(C)C[C@@H](C)C23C=C(C)C(O)C2(O)[C@H](O)C(CO)=CC(C3=O)C1(C)C. The largest absolute Gasteiger partial charge is 0.459 e. The predicted molar refractivity (Wildman–Crippen MR) is 141 cm³/mol. The van der Waals surface area contributed by atoms with E-state index < -0.39 is 52.7 Å². The number of fused-ring (bicyclic) bond motifs is 1. The summed E-state index contributed by atoms with van der Waals surface area (Å²) in [6.45, 7) is 10.6. The van der Waals surface area contributed by atoms with E-state index in [4.69, 9.17) is 4.74 Å². The number of unbranched alkanes of at least 4 members (excludes halogenated alkanes) is 6. The first-order valence-corrected chi connectivity index (χ1v) is 14.1. The number of aliphatic hydroxyl groups is 4. The standard InChI is InChI=1S/C30H48O7/c1-7-8-9-10-11-12-13-14-23(32)37-28(6)17-20(3)29-16-19(2)24(33)30(29,36)25(34)21(18-31)15-22(26(29)35)27(28,4)5/h15-16,20,22,24-25,31,33-34,36H,7-14,17-18H2,1-6H3/t20-,22?,24?,25-,28-,29?,30?/m1/s1. The molecule has 0 radical (unpaired) electrons. The summed E-state index contributed by atoms with van der Waals surface area (Å²) in [5, 5.41) is 44.4. The number of aliphatic hydroxyl groups excluding tert-OH is 3. The van der Waals surface area contributed by atoms with E-state index in [1.165, 1.54) is 31.8 Å². The topological polar surface area (TPSA) is 124 Å². The van der Waals surface area contributed by atoms with E-state index in [1.807, 2.05) is 27.7 Å². The highest BCUT2D eigenvalue weighted by Gasteiger charge is 2.73. The lowest BCUT2D eigenvalue weighted by molar-refractivity contribution is -0.191. The summed E-state index contributed by atoms with van der Waals surface area (Å²) in [5.74, 6) is -2.08. The van der Waals surface area contributed by atoms with Crippen LogP contribution < -0.4 is 0 Å². The first kappa shape index (κ1) is 30.0. The van der Waals surface area contributed by atoms with Crippen molar-refractivity contribution in [1.29, 1.82) is 0 Å². The van der Waals surface area contributed by atoms with Gasteiger partial charge in [-0.15, -0.1) is 0 Å². The molecule has 3 rings (SSSR count). The lowest BCUT2D eigenvalue weighted by atomic mass is 9.59. The van der Waals surface area contributed by atoms with Gasteiger partial charge in [-0.25, -0.2) is 0 Å². The molecule has 3 aliphatic rings. The van der Waals surface area contributed by atoms with Crippen LogP contribution in [0.25, 0.3) is 0 Å². The van der Waals surface area contributed by atoms with E-state index in [9.17, 15) is 30.0 Å². The summed E-state index contributed by atoms with van der Waals surface area (Å²) in [6, 6.07) is 0. The predicted octanol–water partition coefficient (Wildman–Crippen LogP) is 4.01. The molecule has 37 heavy (non-hydrogen) atoms. The second-order valence-electron chi connectivity index (χ2n) is 12.5. The van der Waals surface area contributed by atoms with E-state index in [2.05, 4.69) is 6.92 Å². The van der Waals surface area contributed by atoms with Crippen molar-refractivity contribution >= 4 is 11.8 Å². The maximum Gasteiger partial charge on any atom is 0.306 e. The van der Waals surface area contributed by atoms with E-state index in [-0.39, 0.29) is 23.7 Å². The van der Waals surface area contributed by atoms with E-state index in [1.54, 1.807) is 13.0 Å². The molecule has 4 unspecified atom stereocenters. The molecule has 0 heterocycles. The van der Waals surface area contributed by atoms with Crippen molar-refractivity contribution in [1.82, 2.24) is 0 Å². The van der Waals surface area contributed by atoms with Gasteiger partial charge < -0.3 is 25.2 Å².